The molecule has 1 aliphatic carbocycles. The monoisotopic (exact) mass is 264 g/mol. The first kappa shape index (κ1) is 12.9. The van der Waals surface area contributed by atoms with Crippen molar-refractivity contribution in [2.45, 2.75) is 19.8 Å². The minimum atomic E-state index is -0.242. The van der Waals surface area contributed by atoms with Crippen molar-refractivity contribution in [2.75, 3.05) is 6.61 Å². The standard InChI is InChI=1S/C18H16O2/c1-2-3-11-20-18(19)16-10-6-8-14-12-13-7-4-5-9-15(13)17(14)16/h4-10H,2-3,11H2,1H3. The Kier molecular flexibility index (Phi) is 3.55. The molecule has 0 atom stereocenters. The molecule has 20 heavy (non-hydrogen) atoms. The first-order valence-corrected chi connectivity index (χ1v) is 6.98. The number of fused-ring (bicyclic) bond motifs is 3. The predicted molar refractivity (Wildman–Crippen MR) is 78.5 cm³/mol. The van der Waals surface area contributed by atoms with Crippen LogP contribution in [0.5, 0.6) is 0 Å². The molecule has 2 heteroatoms. The maximum atomic E-state index is 12.2. The van der Waals surface area contributed by atoms with E-state index in [1.165, 1.54) is 0 Å². The van der Waals surface area contributed by atoms with Crippen molar-refractivity contribution < 1.29 is 9.53 Å². The highest BCUT2D eigenvalue weighted by Gasteiger charge is 2.24. The van der Waals surface area contributed by atoms with Crippen molar-refractivity contribution in [3.05, 3.63) is 65.6 Å². The third kappa shape index (κ3) is 2.22. The number of unbranched alkanes of at least 4 members (excludes halogenated alkanes) is 1. The van der Waals surface area contributed by atoms with E-state index < -0.39 is 0 Å². The number of benzene rings is 2. The van der Waals surface area contributed by atoms with Gasteiger partial charge in [0.1, 0.15) is 0 Å². The maximum Gasteiger partial charge on any atom is 0.338 e. The zero-order chi connectivity index (χ0) is 13.9. The SMILES string of the molecule is CCCCOC(=O)c1cccc2c1-c1ccccc1[C]2. The van der Waals surface area contributed by atoms with Gasteiger partial charge in [0.15, 0.2) is 0 Å². The summed E-state index contributed by atoms with van der Waals surface area (Å²) >= 11 is 0. The summed E-state index contributed by atoms with van der Waals surface area (Å²) in [5, 5.41) is 0. The third-order valence-electron chi connectivity index (χ3n) is 3.48. The van der Waals surface area contributed by atoms with Crippen LogP contribution in [0.3, 0.4) is 0 Å². The fraction of sp³-hybridized carbons (Fsp3) is 0.222. The van der Waals surface area contributed by atoms with Gasteiger partial charge in [0.05, 0.1) is 18.6 Å². The van der Waals surface area contributed by atoms with E-state index in [2.05, 4.69) is 13.3 Å². The molecule has 0 aromatic heterocycles. The molecule has 0 saturated carbocycles. The first-order valence-electron chi connectivity index (χ1n) is 6.98. The predicted octanol–water partition coefficient (Wildman–Crippen LogP) is 4.10. The van der Waals surface area contributed by atoms with Gasteiger partial charge in [-0.1, -0.05) is 49.7 Å². The molecular weight excluding hydrogens is 248 g/mol. The van der Waals surface area contributed by atoms with Crippen LogP contribution in [0.4, 0.5) is 0 Å². The lowest BCUT2D eigenvalue weighted by atomic mass is 10.00. The van der Waals surface area contributed by atoms with Crippen LogP contribution in [0.2, 0.25) is 0 Å². The zero-order valence-electron chi connectivity index (χ0n) is 11.5. The van der Waals surface area contributed by atoms with Crippen LogP contribution in [0.15, 0.2) is 42.5 Å². The van der Waals surface area contributed by atoms with E-state index in [4.69, 9.17) is 4.74 Å². The number of carbonyl (C=O) groups excluding carboxylic acids is 1. The molecule has 0 amide bonds. The van der Waals surface area contributed by atoms with Crippen LogP contribution in [-0.4, -0.2) is 12.6 Å². The zero-order valence-corrected chi connectivity index (χ0v) is 11.5. The lowest BCUT2D eigenvalue weighted by Crippen LogP contribution is -2.08. The lowest BCUT2D eigenvalue weighted by Gasteiger charge is -2.09. The molecular formula is C18H16O2. The summed E-state index contributed by atoms with van der Waals surface area (Å²) in [7, 11) is 0. The van der Waals surface area contributed by atoms with Crippen molar-refractivity contribution in [3.8, 4) is 11.1 Å². The molecule has 100 valence electrons. The number of hydrogen-bond acceptors (Lipinski definition) is 2. The van der Waals surface area contributed by atoms with Gasteiger partial charge in [0, 0.05) is 5.56 Å². The molecule has 3 rings (SSSR count). The molecule has 0 spiro atoms. The smallest absolute Gasteiger partial charge is 0.338 e. The van der Waals surface area contributed by atoms with Crippen LogP contribution >= 0.6 is 0 Å². The van der Waals surface area contributed by atoms with E-state index in [9.17, 15) is 4.79 Å². The topological polar surface area (TPSA) is 26.3 Å². The Morgan fingerprint density at radius 3 is 2.75 bits per heavy atom. The van der Waals surface area contributed by atoms with Crippen LogP contribution in [-0.2, 0) is 4.74 Å². The molecule has 0 heterocycles. The molecule has 0 unspecified atom stereocenters. The molecule has 0 bridgehead atoms. The number of ether oxygens (including phenoxy) is 1. The van der Waals surface area contributed by atoms with Crippen LogP contribution in [0.1, 0.15) is 41.3 Å². The van der Waals surface area contributed by atoms with Gasteiger partial charge in [-0.2, -0.15) is 0 Å². The van der Waals surface area contributed by atoms with Crippen LogP contribution in [0.25, 0.3) is 11.1 Å². The van der Waals surface area contributed by atoms with Crippen LogP contribution in [0, 0.1) is 6.42 Å². The van der Waals surface area contributed by atoms with E-state index in [-0.39, 0.29) is 5.97 Å². The summed E-state index contributed by atoms with van der Waals surface area (Å²) in [4.78, 5) is 12.2. The minimum absolute atomic E-state index is 0.242. The largest absolute Gasteiger partial charge is 0.462 e. The summed E-state index contributed by atoms with van der Waals surface area (Å²) in [6.45, 7) is 2.56. The summed E-state index contributed by atoms with van der Waals surface area (Å²) < 4.78 is 5.34. The Morgan fingerprint density at radius 2 is 1.90 bits per heavy atom. The third-order valence-corrected chi connectivity index (χ3v) is 3.48. The van der Waals surface area contributed by atoms with Crippen molar-refractivity contribution in [2.24, 2.45) is 0 Å². The van der Waals surface area contributed by atoms with Gasteiger partial charge < -0.3 is 4.74 Å². The fourth-order valence-corrected chi connectivity index (χ4v) is 2.46. The maximum absolute atomic E-state index is 12.2. The van der Waals surface area contributed by atoms with Crippen LogP contribution < -0.4 is 0 Å². The van der Waals surface area contributed by atoms with E-state index in [0.29, 0.717) is 12.2 Å². The molecule has 2 nitrogen and oxygen atoms in total. The van der Waals surface area contributed by atoms with E-state index in [1.54, 1.807) is 0 Å². The normalized spacial score (nSPS) is 11.8. The van der Waals surface area contributed by atoms with Crippen molar-refractivity contribution in [3.63, 3.8) is 0 Å². The second-order valence-corrected chi connectivity index (χ2v) is 4.89. The Labute approximate surface area is 119 Å². The minimum Gasteiger partial charge on any atom is -0.462 e. The van der Waals surface area contributed by atoms with E-state index in [1.807, 2.05) is 42.5 Å². The Bertz CT molecular complexity index is 644. The van der Waals surface area contributed by atoms with Gasteiger partial charge in [0.2, 0.25) is 0 Å². The lowest BCUT2D eigenvalue weighted by molar-refractivity contribution is 0.0500. The molecule has 2 radical (unpaired) electrons. The Hall–Kier alpha value is -2.09. The summed E-state index contributed by atoms with van der Waals surface area (Å²) in [5.41, 5.74) is 4.65. The average molecular weight is 264 g/mol. The van der Waals surface area contributed by atoms with Crippen molar-refractivity contribution in [1.29, 1.82) is 0 Å². The van der Waals surface area contributed by atoms with Gasteiger partial charge in [0.25, 0.3) is 0 Å². The highest BCUT2D eigenvalue weighted by Crippen LogP contribution is 2.40. The second kappa shape index (κ2) is 5.49. The molecule has 0 saturated heterocycles. The number of rotatable bonds is 4. The summed E-state index contributed by atoms with van der Waals surface area (Å²) in [6.07, 6.45) is 5.25. The second-order valence-electron chi connectivity index (χ2n) is 4.89. The first-order chi connectivity index (χ1) is 9.81. The van der Waals surface area contributed by atoms with Gasteiger partial charge in [-0.15, -0.1) is 0 Å². The van der Waals surface area contributed by atoms with Crippen molar-refractivity contribution >= 4 is 5.97 Å². The quantitative estimate of drug-likeness (QED) is 0.524. The van der Waals surface area contributed by atoms with Gasteiger partial charge in [-0.3, -0.25) is 0 Å². The van der Waals surface area contributed by atoms with Gasteiger partial charge >= 0.3 is 5.97 Å². The highest BCUT2D eigenvalue weighted by molar-refractivity contribution is 6.01. The Morgan fingerprint density at radius 1 is 1.10 bits per heavy atom. The van der Waals surface area contributed by atoms with Gasteiger partial charge in [-0.05, 0) is 29.2 Å². The van der Waals surface area contributed by atoms with Crippen molar-refractivity contribution in [1.82, 2.24) is 0 Å². The summed E-state index contributed by atoms with van der Waals surface area (Å²) in [6, 6.07) is 13.7. The molecule has 0 aliphatic heterocycles. The van der Waals surface area contributed by atoms with Gasteiger partial charge in [-0.25, -0.2) is 4.79 Å². The molecule has 2 aromatic carbocycles. The number of carbonyl (C=O) groups is 1. The molecule has 1 aliphatic rings. The van der Waals surface area contributed by atoms with E-state index >= 15 is 0 Å². The molecule has 0 fully saturated rings. The van der Waals surface area contributed by atoms with E-state index in [0.717, 1.165) is 35.1 Å². The Balaban J connectivity index is 1.96. The molecule has 2 aromatic rings. The fourth-order valence-electron chi connectivity index (χ4n) is 2.46. The highest BCUT2D eigenvalue weighted by atomic mass is 16.5. The number of hydrogen-bond donors (Lipinski definition) is 0. The average Bonchev–Trinajstić information content (AvgIpc) is 2.85. The summed E-state index contributed by atoms with van der Waals surface area (Å²) in [5.74, 6) is -0.242. The number of esters is 1. The molecule has 0 N–H and O–H groups in total.